The molecule has 2 N–H and O–H groups in total. The van der Waals surface area contributed by atoms with Crippen molar-refractivity contribution in [1.82, 2.24) is 5.32 Å². The molecule has 1 fully saturated rings. The van der Waals surface area contributed by atoms with Gasteiger partial charge in [0.15, 0.2) is 6.61 Å². The second-order valence-electron chi connectivity index (χ2n) is 8.10. The van der Waals surface area contributed by atoms with E-state index < -0.39 is 28.4 Å². The molecule has 32 heavy (non-hydrogen) atoms. The van der Waals surface area contributed by atoms with Gasteiger partial charge in [-0.1, -0.05) is 25.8 Å². The number of carbonyl (C=O) groups excluding carboxylic acids is 2. The standard InChI is InChI=1S/C23H27FN2O5S/c1-15-5-3-4-6-20(15)25-22(27)14-31-23(28)17-8-7-16(2)21(13-17)26-32(29,30)19-11-9-18(24)10-12-19/h7-13,15,20,26H,3-6,14H2,1-2H3,(H,25,27)/t15-,20-/m1/s1. The number of rotatable bonds is 7. The summed E-state index contributed by atoms with van der Waals surface area (Å²) in [5.41, 5.74) is 0.867. The molecule has 0 unspecified atom stereocenters. The maximum Gasteiger partial charge on any atom is 0.338 e. The highest BCUT2D eigenvalue weighted by Gasteiger charge is 2.23. The maximum atomic E-state index is 13.1. The van der Waals surface area contributed by atoms with Gasteiger partial charge < -0.3 is 10.1 Å². The zero-order valence-electron chi connectivity index (χ0n) is 18.1. The molecule has 0 radical (unpaired) electrons. The number of nitrogens with one attached hydrogen (secondary N) is 2. The predicted molar refractivity (Wildman–Crippen MR) is 118 cm³/mol. The molecule has 0 bridgehead atoms. The fourth-order valence-corrected chi connectivity index (χ4v) is 4.79. The lowest BCUT2D eigenvalue weighted by Crippen LogP contribution is -2.42. The first-order valence-corrected chi connectivity index (χ1v) is 12.0. The van der Waals surface area contributed by atoms with Gasteiger partial charge in [-0.2, -0.15) is 0 Å². The van der Waals surface area contributed by atoms with Crippen LogP contribution in [0.5, 0.6) is 0 Å². The van der Waals surface area contributed by atoms with E-state index in [-0.39, 0.29) is 28.1 Å². The lowest BCUT2D eigenvalue weighted by Gasteiger charge is -2.29. The van der Waals surface area contributed by atoms with Crippen LogP contribution in [0.15, 0.2) is 47.4 Å². The minimum absolute atomic E-state index is 0.0850. The van der Waals surface area contributed by atoms with E-state index in [9.17, 15) is 22.4 Å². The highest BCUT2D eigenvalue weighted by molar-refractivity contribution is 7.92. The first-order chi connectivity index (χ1) is 15.2. The third kappa shape index (κ3) is 6.06. The highest BCUT2D eigenvalue weighted by Crippen LogP contribution is 2.24. The molecule has 1 saturated carbocycles. The first kappa shape index (κ1) is 23.7. The molecule has 2 aromatic carbocycles. The maximum absolute atomic E-state index is 13.1. The van der Waals surface area contributed by atoms with E-state index in [1.54, 1.807) is 13.0 Å². The van der Waals surface area contributed by atoms with Crippen LogP contribution in [0.1, 0.15) is 48.5 Å². The summed E-state index contributed by atoms with van der Waals surface area (Å²) < 4.78 is 45.8. The van der Waals surface area contributed by atoms with Crippen molar-refractivity contribution in [2.24, 2.45) is 5.92 Å². The Kier molecular flexibility index (Phi) is 7.50. The van der Waals surface area contributed by atoms with Gasteiger partial charge in [0.2, 0.25) is 0 Å². The van der Waals surface area contributed by atoms with Crippen LogP contribution in [0, 0.1) is 18.7 Å². The Morgan fingerprint density at radius 3 is 2.47 bits per heavy atom. The monoisotopic (exact) mass is 462 g/mol. The van der Waals surface area contributed by atoms with Gasteiger partial charge >= 0.3 is 5.97 Å². The number of hydrogen-bond acceptors (Lipinski definition) is 5. The number of halogens is 1. The van der Waals surface area contributed by atoms with Crippen LogP contribution in [0.3, 0.4) is 0 Å². The van der Waals surface area contributed by atoms with E-state index in [4.69, 9.17) is 4.74 Å². The summed E-state index contributed by atoms with van der Waals surface area (Å²) in [6, 6.07) is 8.90. The Balaban J connectivity index is 1.63. The van der Waals surface area contributed by atoms with Gasteiger partial charge in [-0.3, -0.25) is 9.52 Å². The Morgan fingerprint density at radius 1 is 1.09 bits per heavy atom. The summed E-state index contributed by atoms with van der Waals surface area (Å²) in [5.74, 6) is -1.26. The summed E-state index contributed by atoms with van der Waals surface area (Å²) in [6.07, 6.45) is 4.19. The van der Waals surface area contributed by atoms with Crippen LogP contribution >= 0.6 is 0 Å². The molecule has 0 saturated heterocycles. The molecule has 0 aliphatic heterocycles. The average Bonchev–Trinajstić information content (AvgIpc) is 2.75. The predicted octanol–water partition coefficient (Wildman–Crippen LogP) is 3.79. The second kappa shape index (κ2) is 10.1. The molecular formula is C23H27FN2O5S. The van der Waals surface area contributed by atoms with E-state index in [0.29, 0.717) is 11.5 Å². The molecule has 9 heteroatoms. The van der Waals surface area contributed by atoms with Crippen LogP contribution in [0.25, 0.3) is 0 Å². The van der Waals surface area contributed by atoms with E-state index in [1.165, 1.54) is 12.1 Å². The molecule has 1 aliphatic rings. The van der Waals surface area contributed by atoms with E-state index in [2.05, 4.69) is 17.0 Å². The molecule has 1 aliphatic carbocycles. The normalized spacial score (nSPS) is 18.6. The van der Waals surface area contributed by atoms with Crippen molar-refractivity contribution in [3.8, 4) is 0 Å². The van der Waals surface area contributed by atoms with Crippen LogP contribution in [-0.4, -0.2) is 32.9 Å². The fourth-order valence-electron chi connectivity index (χ4n) is 3.67. The molecule has 7 nitrogen and oxygen atoms in total. The first-order valence-electron chi connectivity index (χ1n) is 10.5. The third-order valence-corrected chi connectivity index (χ3v) is 7.02. The lowest BCUT2D eigenvalue weighted by molar-refractivity contribution is -0.125. The number of benzene rings is 2. The molecule has 3 rings (SSSR count). The number of hydrogen-bond donors (Lipinski definition) is 2. The zero-order valence-corrected chi connectivity index (χ0v) is 18.9. The van der Waals surface area contributed by atoms with Gasteiger partial charge in [-0.15, -0.1) is 0 Å². The summed E-state index contributed by atoms with van der Waals surface area (Å²) in [4.78, 5) is 24.5. The highest BCUT2D eigenvalue weighted by atomic mass is 32.2. The van der Waals surface area contributed by atoms with Crippen LogP contribution in [0.4, 0.5) is 10.1 Å². The molecule has 2 atom stereocenters. The summed E-state index contributed by atoms with van der Waals surface area (Å²) in [5, 5.41) is 2.91. The number of ether oxygens (including phenoxy) is 1. The number of sulfonamides is 1. The molecular weight excluding hydrogens is 435 g/mol. The summed E-state index contributed by atoms with van der Waals surface area (Å²) in [6.45, 7) is 3.36. The minimum atomic E-state index is -3.98. The van der Waals surface area contributed by atoms with Crippen molar-refractivity contribution in [2.45, 2.75) is 50.5 Å². The largest absolute Gasteiger partial charge is 0.452 e. The Morgan fingerprint density at radius 2 is 1.78 bits per heavy atom. The third-order valence-electron chi connectivity index (χ3n) is 5.63. The van der Waals surface area contributed by atoms with Crippen LogP contribution < -0.4 is 10.0 Å². The van der Waals surface area contributed by atoms with Crippen molar-refractivity contribution in [3.63, 3.8) is 0 Å². The zero-order chi connectivity index (χ0) is 23.3. The van der Waals surface area contributed by atoms with E-state index in [0.717, 1.165) is 49.9 Å². The van der Waals surface area contributed by atoms with Crippen molar-refractivity contribution in [1.29, 1.82) is 0 Å². The smallest absolute Gasteiger partial charge is 0.338 e. The van der Waals surface area contributed by atoms with E-state index in [1.807, 2.05) is 0 Å². The van der Waals surface area contributed by atoms with Crippen molar-refractivity contribution >= 4 is 27.6 Å². The quantitative estimate of drug-likeness (QED) is 0.610. The second-order valence-corrected chi connectivity index (χ2v) is 9.78. The lowest BCUT2D eigenvalue weighted by atomic mass is 9.86. The number of carbonyl (C=O) groups is 2. The Hall–Kier alpha value is -2.94. The molecule has 2 aromatic rings. The molecule has 172 valence electrons. The van der Waals surface area contributed by atoms with Gasteiger partial charge in [0, 0.05) is 6.04 Å². The van der Waals surface area contributed by atoms with Gasteiger partial charge in [-0.05, 0) is 67.6 Å². The SMILES string of the molecule is Cc1ccc(C(=O)OCC(=O)N[C@@H]2CCCC[C@H]2C)cc1NS(=O)(=O)c1ccc(F)cc1. The average molecular weight is 463 g/mol. The molecule has 0 aromatic heterocycles. The van der Waals surface area contributed by atoms with Gasteiger partial charge in [0.1, 0.15) is 5.82 Å². The summed E-state index contributed by atoms with van der Waals surface area (Å²) in [7, 11) is -3.98. The Labute approximate surface area is 187 Å². The van der Waals surface area contributed by atoms with E-state index >= 15 is 0 Å². The number of amides is 1. The Bertz CT molecular complexity index is 1090. The summed E-state index contributed by atoms with van der Waals surface area (Å²) >= 11 is 0. The van der Waals surface area contributed by atoms with Crippen molar-refractivity contribution < 1.29 is 27.1 Å². The van der Waals surface area contributed by atoms with Gasteiger partial charge in [-0.25, -0.2) is 17.6 Å². The molecule has 1 amide bonds. The topological polar surface area (TPSA) is 102 Å². The van der Waals surface area contributed by atoms with Crippen LogP contribution in [-0.2, 0) is 19.6 Å². The minimum Gasteiger partial charge on any atom is -0.452 e. The number of anilines is 1. The molecule has 0 spiro atoms. The fraction of sp³-hybridized carbons (Fsp3) is 0.391. The van der Waals surface area contributed by atoms with Gasteiger partial charge in [0.25, 0.3) is 15.9 Å². The molecule has 0 heterocycles. The van der Waals surface area contributed by atoms with Crippen molar-refractivity contribution in [2.75, 3.05) is 11.3 Å². The van der Waals surface area contributed by atoms with Crippen molar-refractivity contribution in [3.05, 3.63) is 59.4 Å². The van der Waals surface area contributed by atoms with Gasteiger partial charge in [0.05, 0.1) is 16.1 Å². The number of aryl methyl sites for hydroxylation is 1. The number of esters is 1. The van der Waals surface area contributed by atoms with Crippen LogP contribution in [0.2, 0.25) is 0 Å².